The molecule has 1 aromatic heterocycles. The number of fused-ring (bicyclic) bond motifs is 1. The summed E-state index contributed by atoms with van der Waals surface area (Å²) in [6.45, 7) is 4.66. The molecule has 3 aliphatic rings. The molecule has 3 aromatic rings. The summed E-state index contributed by atoms with van der Waals surface area (Å²) in [5.41, 5.74) is 4.60. The number of methoxy groups -OCH3 is 2. The number of hydrogen-bond acceptors (Lipinski definition) is 8. The molecule has 0 saturated carbocycles. The molecule has 0 unspecified atom stereocenters. The molecule has 2 amide bonds. The molecule has 2 saturated heterocycles. The van der Waals surface area contributed by atoms with E-state index in [0.717, 1.165) is 49.4 Å². The van der Waals surface area contributed by atoms with Gasteiger partial charge in [0.1, 0.15) is 24.2 Å². The summed E-state index contributed by atoms with van der Waals surface area (Å²) in [6, 6.07) is 17.5. The van der Waals surface area contributed by atoms with Gasteiger partial charge in [0, 0.05) is 63.7 Å². The Balaban J connectivity index is 1.02. The van der Waals surface area contributed by atoms with Gasteiger partial charge in [-0.15, -0.1) is 0 Å². The summed E-state index contributed by atoms with van der Waals surface area (Å²) in [4.78, 5) is 36.6. The van der Waals surface area contributed by atoms with E-state index in [1.54, 1.807) is 25.2 Å². The zero-order chi connectivity index (χ0) is 30.5. The van der Waals surface area contributed by atoms with Crippen LogP contribution in [0.4, 0.5) is 10.5 Å². The summed E-state index contributed by atoms with van der Waals surface area (Å²) in [7, 11) is 3.26. The second kappa shape index (κ2) is 13.7. The molecule has 3 aliphatic heterocycles. The molecule has 0 spiro atoms. The largest absolute Gasteiger partial charge is 0.496 e. The monoisotopic (exact) mass is 600 g/mol. The Morgan fingerprint density at radius 2 is 1.77 bits per heavy atom. The summed E-state index contributed by atoms with van der Waals surface area (Å²) >= 11 is 0. The van der Waals surface area contributed by atoms with Crippen LogP contribution in [0.5, 0.6) is 11.5 Å². The molecule has 232 valence electrons. The third kappa shape index (κ3) is 6.66. The van der Waals surface area contributed by atoms with Crippen molar-refractivity contribution in [1.29, 1.82) is 0 Å². The number of benzene rings is 2. The quantitative estimate of drug-likeness (QED) is 0.337. The van der Waals surface area contributed by atoms with E-state index in [-0.39, 0.29) is 24.1 Å². The number of para-hydroxylation sites is 1. The first-order valence-corrected chi connectivity index (χ1v) is 15.4. The van der Waals surface area contributed by atoms with Crippen LogP contribution in [0.2, 0.25) is 0 Å². The van der Waals surface area contributed by atoms with Crippen LogP contribution < -0.4 is 14.4 Å². The number of carbonyl (C=O) groups is 2. The molecule has 10 heteroatoms. The van der Waals surface area contributed by atoms with Gasteiger partial charge in [-0.25, -0.2) is 4.79 Å². The number of piperidine rings is 2. The number of amides is 2. The van der Waals surface area contributed by atoms with Gasteiger partial charge < -0.3 is 23.8 Å². The van der Waals surface area contributed by atoms with Crippen LogP contribution >= 0.6 is 0 Å². The number of likely N-dealkylation sites (tertiary alicyclic amines) is 2. The van der Waals surface area contributed by atoms with Gasteiger partial charge in [0.15, 0.2) is 0 Å². The Morgan fingerprint density at radius 1 is 0.977 bits per heavy atom. The van der Waals surface area contributed by atoms with Crippen molar-refractivity contribution >= 4 is 17.7 Å². The van der Waals surface area contributed by atoms with E-state index < -0.39 is 0 Å². The summed E-state index contributed by atoms with van der Waals surface area (Å²) < 4.78 is 22.6. The van der Waals surface area contributed by atoms with Gasteiger partial charge >= 0.3 is 6.09 Å². The fraction of sp³-hybridized carbons (Fsp3) is 0.441. The lowest BCUT2D eigenvalue weighted by molar-refractivity contribution is 0.0704. The topological polar surface area (TPSA) is 93.7 Å². The Kier molecular flexibility index (Phi) is 9.28. The molecule has 10 nitrogen and oxygen atoms in total. The fourth-order valence-electron chi connectivity index (χ4n) is 6.43. The SMILES string of the molecule is COCc1cc(CN2CCC(Oc3ccc(C(=O)N4CCC(N5C(=O)OCc6ccccc65)CC4)c(OC)c3)CC2)ccn1. The van der Waals surface area contributed by atoms with E-state index >= 15 is 0 Å². The van der Waals surface area contributed by atoms with Crippen molar-refractivity contribution < 1.29 is 28.5 Å². The molecule has 0 bridgehead atoms. The van der Waals surface area contributed by atoms with E-state index in [0.29, 0.717) is 56.2 Å². The normalized spacial score (nSPS) is 18.1. The van der Waals surface area contributed by atoms with Gasteiger partial charge in [0.05, 0.1) is 30.7 Å². The number of nitrogens with zero attached hydrogens (tertiary/aromatic N) is 4. The van der Waals surface area contributed by atoms with Gasteiger partial charge in [-0.1, -0.05) is 18.2 Å². The van der Waals surface area contributed by atoms with Crippen LogP contribution in [0.25, 0.3) is 0 Å². The van der Waals surface area contributed by atoms with E-state index in [1.807, 2.05) is 47.5 Å². The maximum Gasteiger partial charge on any atom is 0.414 e. The average Bonchev–Trinajstić information content (AvgIpc) is 3.06. The number of ether oxygens (including phenoxy) is 4. The molecule has 6 rings (SSSR count). The number of cyclic esters (lactones) is 1. The van der Waals surface area contributed by atoms with Crippen LogP contribution in [0, 0.1) is 0 Å². The fourth-order valence-corrected chi connectivity index (χ4v) is 6.43. The van der Waals surface area contributed by atoms with Crippen LogP contribution in [0.15, 0.2) is 60.8 Å². The molecule has 2 fully saturated rings. The molecule has 2 aromatic carbocycles. The van der Waals surface area contributed by atoms with Crippen molar-refractivity contribution in [2.24, 2.45) is 0 Å². The number of aromatic nitrogens is 1. The second-order valence-corrected chi connectivity index (χ2v) is 11.6. The summed E-state index contributed by atoms with van der Waals surface area (Å²) in [5, 5.41) is 0. The third-order valence-corrected chi connectivity index (χ3v) is 8.74. The van der Waals surface area contributed by atoms with Crippen molar-refractivity contribution in [1.82, 2.24) is 14.8 Å². The lowest BCUT2D eigenvalue weighted by Crippen LogP contribution is -2.50. The maximum atomic E-state index is 13.6. The van der Waals surface area contributed by atoms with E-state index in [4.69, 9.17) is 18.9 Å². The number of rotatable bonds is 9. The Labute approximate surface area is 258 Å². The van der Waals surface area contributed by atoms with Gasteiger partial charge in [0.2, 0.25) is 0 Å². The van der Waals surface area contributed by atoms with Crippen LogP contribution in [-0.2, 0) is 29.2 Å². The predicted octanol–water partition coefficient (Wildman–Crippen LogP) is 5.04. The Bertz CT molecular complexity index is 1470. The highest BCUT2D eigenvalue weighted by Crippen LogP contribution is 2.33. The molecular weight excluding hydrogens is 560 g/mol. The highest BCUT2D eigenvalue weighted by Gasteiger charge is 2.35. The summed E-state index contributed by atoms with van der Waals surface area (Å²) in [6.07, 6.45) is 4.81. The molecular formula is C34H40N4O6. The lowest BCUT2D eigenvalue weighted by Gasteiger charge is -2.40. The minimum Gasteiger partial charge on any atom is -0.496 e. The summed E-state index contributed by atoms with van der Waals surface area (Å²) in [5.74, 6) is 1.13. The smallest absolute Gasteiger partial charge is 0.414 e. The zero-order valence-electron chi connectivity index (χ0n) is 25.4. The van der Waals surface area contributed by atoms with E-state index in [9.17, 15) is 9.59 Å². The van der Waals surface area contributed by atoms with Crippen molar-refractivity contribution in [2.75, 3.05) is 45.3 Å². The van der Waals surface area contributed by atoms with E-state index in [2.05, 4.69) is 22.0 Å². The number of carbonyl (C=O) groups excluding carboxylic acids is 2. The molecule has 0 radical (unpaired) electrons. The van der Waals surface area contributed by atoms with Crippen LogP contribution in [0.1, 0.15) is 52.9 Å². The first-order chi connectivity index (χ1) is 21.5. The molecule has 44 heavy (non-hydrogen) atoms. The molecule has 0 aliphatic carbocycles. The zero-order valence-corrected chi connectivity index (χ0v) is 25.4. The second-order valence-electron chi connectivity index (χ2n) is 11.6. The first kappa shape index (κ1) is 29.9. The van der Waals surface area contributed by atoms with Crippen molar-refractivity contribution in [3.05, 3.63) is 83.2 Å². The number of pyridine rings is 1. The lowest BCUT2D eigenvalue weighted by atomic mass is 10.00. The van der Waals surface area contributed by atoms with Gasteiger partial charge in [-0.3, -0.25) is 19.6 Å². The van der Waals surface area contributed by atoms with Gasteiger partial charge in [-0.2, -0.15) is 0 Å². The molecule has 4 heterocycles. The Morgan fingerprint density at radius 3 is 2.55 bits per heavy atom. The predicted molar refractivity (Wildman–Crippen MR) is 165 cm³/mol. The Hall–Kier alpha value is -4.15. The molecule has 0 atom stereocenters. The van der Waals surface area contributed by atoms with Crippen molar-refractivity contribution in [2.45, 2.75) is 57.6 Å². The highest BCUT2D eigenvalue weighted by atomic mass is 16.6. The standard InChI is InChI=1S/C34H40N4O6/c1-41-23-26-19-24(9-14-35-26)21-36-15-12-28(13-16-36)44-29-7-8-30(32(20-29)42-2)33(39)37-17-10-27(11-18-37)38-31-6-4-3-5-25(31)22-43-34(38)40/h3-9,14,19-20,27-28H,10-13,15-18,21-23H2,1-2H3. The van der Waals surface area contributed by atoms with Gasteiger partial charge in [0.25, 0.3) is 5.91 Å². The minimum atomic E-state index is -0.318. The van der Waals surface area contributed by atoms with E-state index in [1.165, 1.54) is 5.56 Å². The highest BCUT2D eigenvalue weighted by molar-refractivity contribution is 5.97. The first-order valence-electron chi connectivity index (χ1n) is 15.4. The third-order valence-electron chi connectivity index (χ3n) is 8.74. The minimum absolute atomic E-state index is 0.0186. The van der Waals surface area contributed by atoms with Crippen molar-refractivity contribution in [3.63, 3.8) is 0 Å². The number of hydrogen-bond donors (Lipinski definition) is 0. The van der Waals surface area contributed by atoms with Crippen LogP contribution in [0.3, 0.4) is 0 Å². The van der Waals surface area contributed by atoms with Crippen LogP contribution in [-0.4, -0.2) is 79.3 Å². The molecule has 0 N–H and O–H groups in total. The van der Waals surface area contributed by atoms with Gasteiger partial charge in [-0.05, 0) is 61.6 Å². The maximum absolute atomic E-state index is 13.6. The average molecular weight is 601 g/mol. The van der Waals surface area contributed by atoms with Crippen molar-refractivity contribution in [3.8, 4) is 11.5 Å². The number of anilines is 1.